The van der Waals surface area contributed by atoms with Gasteiger partial charge in [0, 0.05) is 78.3 Å². The van der Waals surface area contributed by atoms with Gasteiger partial charge in [-0.05, 0) is 24.3 Å². The molecule has 0 aromatic carbocycles. The maximum Gasteiger partial charge on any atom is 0.316 e. The highest BCUT2D eigenvalue weighted by Gasteiger charge is 2.12. The summed E-state index contributed by atoms with van der Waals surface area (Å²) in [6, 6.07) is 11.1. The van der Waals surface area contributed by atoms with Crippen LogP contribution in [0.4, 0.5) is 13.2 Å². The molecule has 0 radical (unpaired) electrons. The molecule has 0 fully saturated rings. The normalized spacial score (nSPS) is 10.8. The molecule has 0 aliphatic heterocycles. The predicted molar refractivity (Wildman–Crippen MR) is 202 cm³/mol. The topological polar surface area (TPSA) is 181 Å². The predicted octanol–water partition coefficient (Wildman–Crippen LogP) is 6.45. The number of pyridine rings is 5. The Hall–Kier alpha value is -7.96. The molecule has 2 N–H and O–H groups in total. The van der Waals surface area contributed by atoms with Gasteiger partial charge < -0.3 is 42.4 Å². The molecule has 294 valence electrons. The van der Waals surface area contributed by atoms with Gasteiger partial charge in [0.2, 0.25) is 11.8 Å². The van der Waals surface area contributed by atoms with Gasteiger partial charge in [-0.3, -0.25) is 0 Å². The highest BCUT2D eigenvalue weighted by atomic mass is 19.1. The molecule has 0 saturated carbocycles. The van der Waals surface area contributed by atoms with E-state index in [0.29, 0.717) is 45.4 Å². The van der Waals surface area contributed by atoms with Crippen LogP contribution in [-0.2, 0) is 0 Å². The minimum absolute atomic E-state index is 0.0285. The smallest absolute Gasteiger partial charge is 0.316 e. The highest BCUT2D eigenvalue weighted by Crippen LogP contribution is 2.26. The van der Waals surface area contributed by atoms with Crippen molar-refractivity contribution in [3.05, 3.63) is 122 Å². The molecule has 9 aromatic rings. The molecule has 0 amide bonds. The van der Waals surface area contributed by atoms with E-state index in [1.165, 1.54) is 49.3 Å². The minimum Gasteiger partial charge on any atom is -0.504 e. The Morgan fingerprint density at radius 3 is 1.57 bits per heavy atom. The van der Waals surface area contributed by atoms with Crippen molar-refractivity contribution >= 4 is 16.9 Å². The highest BCUT2D eigenvalue weighted by molar-refractivity contribution is 5.64. The molecule has 9 heterocycles. The van der Waals surface area contributed by atoms with E-state index in [1.54, 1.807) is 68.1 Å². The molecule has 9 aromatic heterocycles. The Morgan fingerprint density at radius 1 is 0.483 bits per heavy atom. The molecular formula is C39H31F3N10O6. The Bertz CT molecular complexity index is 2660. The molecule has 0 atom stereocenters. The monoisotopic (exact) mass is 792 g/mol. The Balaban J connectivity index is 0.000000132. The van der Waals surface area contributed by atoms with Crippen molar-refractivity contribution in [1.82, 2.24) is 48.1 Å². The number of fused-ring (bicyclic) bond motifs is 3. The maximum absolute atomic E-state index is 13.7. The lowest BCUT2D eigenvalue weighted by molar-refractivity contribution is 0.369. The fraction of sp³-hybridized carbons (Fsp3) is 0.103. The van der Waals surface area contributed by atoms with Gasteiger partial charge in [0.25, 0.3) is 0 Å². The zero-order valence-electron chi connectivity index (χ0n) is 30.9. The quantitative estimate of drug-likeness (QED) is 0.180. The van der Waals surface area contributed by atoms with Gasteiger partial charge in [-0.25, -0.2) is 48.1 Å². The van der Waals surface area contributed by atoms with E-state index >= 15 is 0 Å². The fourth-order valence-electron chi connectivity index (χ4n) is 5.43. The number of hydrogen-bond donors (Lipinski definition) is 2. The lowest BCUT2D eigenvalue weighted by Crippen LogP contribution is -1.92. The van der Waals surface area contributed by atoms with Crippen LogP contribution in [0.25, 0.3) is 50.7 Å². The van der Waals surface area contributed by atoms with Crippen LogP contribution in [-0.4, -0.2) is 86.7 Å². The van der Waals surface area contributed by atoms with Gasteiger partial charge >= 0.3 is 6.01 Å². The second-order valence-electron chi connectivity index (χ2n) is 12.0. The van der Waals surface area contributed by atoms with Crippen LogP contribution < -0.4 is 18.9 Å². The molecular weight excluding hydrogens is 761 g/mol. The molecule has 9 rings (SSSR count). The zero-order chi connectivity index (χ0) is 40.9. The number of halogens is 3. The van der Waals surface area contributed by atoms with Crippen molar-refractivity contribution in [2.75, 3.05) is 28.4 Å². The molecule has 0 spiro atoms. The van der Waals surface area contributed by atoms with E-state index < -0.39 is 29.0 Å². The van der Waals surface area contributed by atoms with Gasteiger partial charge in [0.05, 0.1) is 64.1 Å². The van der Waals surface area contributed by atoms with Crippen LogP contribution in [0.2, 0.25) is 0 Å². The molecule has 0 saturated heterocycles. The third-order valence-electron chi connectivity index (χ3n) is 8.35. The number of imidazole rings is 3. The number of aromatic nitrogens is 10. The summed E-state index contributed by atoms with van der Waals surface area (Å²) in [5.41, 5.74) is 5.44. The van der Waals surface area contributed by atoms with Gasteiger partial charge in [-0.15, -0.1) is 0 Å². The van der Waals surface area contributed by atoms with E-state index in [2.05, 4.69) is 34.9 Å². The van der Waals surface area contributed by atoms with Crippen LogP contribution in [0.15, 0.2) is 104 Å². The van der Waals surface area contributed by atoms with Gasteiger partial charge in [-0.2, -0.15) is 0 Å². The largest absolute Gasteiger partial charge is 0.504 e. The first-order valence-electron chi connectivity index (χ1n) is 16.9. The number of methoxy groups -OCH3 is 4. The van der Waals surface area contributed by atoms with E-state index in [0.717, 1.165) is 23.0 Å². The average molecular weight is 793 g/mol. The zero-order valence-corrected chi connectivity index (χ0v) is 30.9. The van der Waals surface area contributed by atoms with Crippen molar-refractivity contribution in [3.63, 3.8) is 0 Å². The third kappa shape index (κ3) is 8.17. The standard InChI is InChI=1S/C14H12FN3O2.C13H10FN3O2.C12H9FN4O2/c1-19-10-3-4-13-17-12(8-18(13)7-10)9-5-11(15)14(20-2)16-6-9;1-19-13-3-2-8(5-15-13)10-6-17-7-11(18)9(14)4-12(17)16-10;1-19-12-14-3-7(4-15-12)9-5-17-6-10(18)8(13)2-11(17)16-9/h3-8H,1-2H3;2-7,18H,1H3;2-6,18H,1H3. The van der Waals surface area contributed by atoms with E-state index in [1.807, 2.05) is 22.6 Å². The summed E-state index contributed by atoms with van der Waals surface area (Å²) in [5.74, 6) is -1.56. The molecule has 0 aliphatic carbocycles. The summed E-state index contributed by atoms with van der Waals surface area (Å²) >= 11 is 0. The average Bonchev–Trinajstić information content (AvgIpc) is 3.98. The first-order valence-corrected chi connectivity index (χ1v) is 16.9. The summed E-state index contributed by atoms with van der Waals surface area (Å²) < 4.78 is 64.8. The second kappa shape index (κ2) is 16.4. The summed E-state index contributed by atoms with van der Waals surface area (Å²) in [6.07, 6.45) is 15.7. The first kappa shape index (κ1) is 38.3. The molecule has 19 heteroatoms. The van der Waals surface area contributed by atoms with Crippen molar-refractivity contribution in [2.45, 2.75) is 0 Å². The lowest BCUT2D eigenvalue weighted by atomic mass is 10.2. The molecule has 0 unspecified atom stereocenters. The molecule has 0 bridgehead atoms. The molecule has 0 aliphatic rings. The first-order chi connectivity index (χ1) is 28.0. The van der Waals surface area contributed by atoms with Crippen LogP contribution in [0.1, 0.15) is 0 Å². The van der Waals surface area contributed by atoms with Crippen LogP contribution in [0.5, 0.6) is 35.0 Å². The Labute approximate surface area is 326 Å². The van der Waals surface area contributed by atoms with Gasteiger partial charge in [0.15, 0.2) is 29.0 Å². The van der Waals surface area contributed by atoms with Crippen LogP contribution in [0.3, 0.4) is 0 Å². The van der Waals surface area contributed by atoms with Crippen molar-refractivity contribution in [3.8, 4) is 68.8 Å². The summed E-state index contributed by atoms with van der Waals surface area (Å²) in [6.45, 7) is 0. The fourth-order valence-corrected chi connectivity index (χ4v) is 5.43. The SMILES string of the molecule is COc1ccc(-c2cn3cc(O)c(F)cc3n2)cn1.COc1ccc2nc(-c3cnc(OC)c(F)c3)cn2c1.COc1ncc(-c2cn3cc(O)c(F)cc3n2)cn1. The number of ether oxygens (including phenoxy) is 4. The number of aromatic hydroxyl groups is 2. The van der Waals surface area contributed by atoms with Gasteiger partial charge in [-0.1, -0.05) is 0 Å². The number of nitrogens with zero attached hydrogens (tertiary/aromatic N) is 10. The second-order valence-corrected chi connectivity index (χ2v) is 12.0. The Morgan fingerprint density at radius 2 is 1.03 bits per heavy atom. The minimum atomic E-state index is -0.712. The van der Waals surface area contributed by atoms with Gasteiger partial charge in [0.1, 0.15) is 22.7 Å². The van der Waals surface area contributed by atoms with Crippen LogP contribution >= 0.6 is 0 Å². The van der Waals surface area contributed by atoms with Crippen molar-refractivity contribution in [2.24, 2.45) is 0 Å². The van der Waals surface area contributed by atoms with E-state index in [9.17, 15) is 23.4 Å². The summed E-state index contributed by atoms with van der Waals surface area (Å²) in [4.78, 5) is 28.9. The molecule has 16 nitrogen and oxygen atoms in total. The number of rotatable bonds is 7. The van der Waals surface area contributed by atoms with Crippen LogP contribution in [0, 0.1) is 17.5 Å². The Kier molecular flexibility index (Phi) is 10.8. The summed E-state index contributed by atoms with van der Waals surface area (Å²) in [5, 5.41) is 18.6. The third-order valence-corrected chi connectivity index (χ3v) is 8.35. The summed E-state index contributed by atoms with van der Waals surface area (Å²) in [7, 11) is 5.99. The van der Waals surface area contributed by atoms with Crippen molar-refractivity contribution < 1.29 is 42.3 Å². The lowest BCUT2D eigenvalue weighted by Gasteiger charge is -2.01. The molecule has 58 heavy (non-hydrogen) atoms. The number of hydrogen-bond acceptors (Lipinski definition) is 13. The van der Waals surface area contributed by atoms with E-state index in [-0.39, 0.29) is 11.9 Å². The van der Waals surface area contributed by atoms with Crippen molar-refractivity contribution in [1.29, 1.82) is 0 Å². The maximum atomic E-state index is 13.7. The van der Waals surface area contributed by atoms with E-state index in [4.69, 9.17) is 18.9 Å².